The third-order valence-corrected chi connectivity index (χ3v) is 4.53. The lowest BCUT2D eigenvalue weighted by molar-refractivity contribution is -0.136. The summed E-state index contributed by atoms with van der Waals surface area (Å²) in [7, 11) is 3.45. The maximum Gasteiger partial charge on any atom is 0.336 e. The molecule has 4 heteroatoms. The maximum atomic E-state index is 13.1. The van der Waals surface area contributed by atoms with Crippen molar-refractivity contribution in [3.8, 4) is 0 Å². The van der Waals surface area contributed by atoms with Gasteiger partial charge >= 0.3 is 5.97 Å². The van der Waals surface area contributed by atoms with Crippen LogP contribution in [0.5, 0.6) is 0 Å². The molecule has 0 aliphatic carbocycles. The summed E-state index contributed by atoms with van der Waals surface area (Å²) in [6, 6.07) is 6.92. The molecular weight excluding hydrogens is 257 g/mol. The van der Waals surface area contributed by atoms with Gasteiger partial charge in [0, 0.05) is 24.7 Å². The quantitative estimate of drug-likeness (QED) is 0.777. The molecule has 1 aromatic carbocycles. The van der Waals surface area contributed by atoms with Gasteiger partial charge in [0.2, 0.25) is 0 Å². The molecule has 2 bridgehead atoms. The third-order valence-electron chi connectivity index (χ3n) is 4.53. The van der Waals surface area contributed by atoms with E-state index in [1.807, 2.05) is 7.05 Å². The Bertz CT molecular complexity index is 564. The summed E-state index contributed by atoms with van der Waals surface area (Å²) in [6.07, 6.45) is 2.88. The Morgan fingerprint density at radius 1 is 1.35 bits per heavy atom. The lowest BCUT2D eigenvalue weighted by Gasteiger charge is -2.35. The zero-order valence-electron chi connectivity index (χ0n) is 11.7. The number of hydrogen-bond donors (Lipinski definition) is 0. The lowest BCUT2D eigenvalue weighted by Crippen LogP contribution is -2.34. The molecular formula is C16H18FNO2. The molecule has 106 valence electrons. The molecule has 3 rings (SSSR count). The maximum absolute atomic E-state index is 13.1. The van der Waals surface area contributed by atoms with Crippen LogP contribution in [0.3, 0.4) is 0 Å². The van der Waals surface area contributed by atoms with Crippen molar-refractivity contribution < 1.29 is 13.9 Å². The van der Waals surface area contributed by atoms with E-state index in [9.17, 15) is 9.18 Å². The number of allylic oxidation sites excluding steroid dienone is 1. The SMILES string of the molecule is COC(=O)C1=C2CC[C@@H](CC1c1ccc(F)cc1)N2C. The summed E-state index contributed by atoms with van der Waals surface area (Å²) < 4.78 is 18.1. The smallest absolute Gasteiger partial charge is 0.336 e. The molecule has 2 atom stereocenters. The van der Waals surface area contributed by atoms with Crippen molar-refractivity contribution in [2.75, 3.05) is 14.2 Å². The highest BCUT2D eigenvalue weighted by Crippen LogP contribution is 2.45. The van der Waals surface area contributed by atoms with Gasteiger partial charge in [0.25, 0.3) is 0 Å². The minimum Gasteiger partial charge on any atom is -0.466 e. The van der Waals surface area contributed by atoms with Gasteiger partial charge in [-0.2, -0.15) is 0 Å². The number of carbonyl (C=O) groups excluding carboxylic acids is 1. The van der Waals surface area contributed by atoms with Crippen LogP contribution in [-0.2, 0) is 9.53 Å². The largest absolute Gasteiger partial charge is 0.466 e. The molecule has 1 unspecified atom stereocenters. The Labute approximate surface area is 118 Å². The molecule has 0 spiro atoms. The molecule has 2 heterocycles. The Balaban J connectivity index is 2.06. The van der Waals surface area contributed by atoms with E-state index in [0.29, 0.717) is 6.04 Å². The number of hydrogen-bond acceptors (Lipinski definition) is 3. The van der Waals surface area contributed by atoms with Crippen LogP contribution in [0.25, 0.3) is 0 Å². The van der Waals surface area contributed by atoms with Gasteiger partial charge in [0.15, 0.2) is 0 Å². The number of nitrogens with zero attached hydrogens (tertiary/aromatic N) is 1. The molecule has 1 saturated heterocycles. The minimum atomic E-state index is -0.262. The van der Waals surface area contributed by atoms with Crippen molar-refractivity contribution in [2.24, 2.45) is 0 Å². The van der Waals surface area contributed by atoms with Crippen molar-refractivity contribution >= 4 is 5.97 Å². The summed E-state index contributed by atoms with van der Waals surface area (Å²) in [4.78, 5) is 14.4. The Morgan fingerprint density at radius 3 is 2.70 bits per heavy atom. The monoisotopic (exact) mass is 275 g/mol. The summed E-state index contributed by atoms with van der Waals surface area (Å²) in [5, 5.41) is 0. The van der Waals surface area contributed by atoms with Crippen LogP contribution in [0.4, 0.5) is 4.39 Å². The second kappa shape index (κ2) is 4.93. The second-order valence-corrected chi connectivity index (χ2v) is 5.50. The van der Waals surface area contributed by atoms with Gasteiger partial charge in [0.05, 0.1) is 12.7 Å². The highest BCUT2D eigenvalue weighted by atomic mass is 19.1. The van der Waals surface area contributed by atoms with Crippen LogP contribution in [-0.4, -0.2) is 31.1 Å². The molecule has 3 nitrogen and oxygen atoms in total. The molecule has 0 amide bonds. The van der Waals surface area contributed by atoms with E-state index >= 15 is 0 Å². The molecule has 0 N–H and O–H groups in total. The number of carbonyl (C=O) groups is 1. The van der Waals surface area contributed by atoms with Gasteiger partial charge in [-0.25, -0.2) is 9.18 Å². The summed E-state index contributed by atoms with van der Waals surface area (Å²) in [6.45, 7) is 0. The summed E-state index contributed by atoms with van der Waals surface area (Å²) in [5.74, 6) is -0.500. The fourth-order valence-corrected chi connectivity index (χ4v) is 3.45. The molecule has 2 aliphatic rings. The Hall–Kier alpha value is -1.84. The average Bonchev–Trinajstić information content (AvgIpc) is 2.70. The van der Waals surface area contributed by atoms with Crippen LogP contribution in [0, 0.1) is 5.82 Å². The van der Waals surface area contributed by atoms with Crippen molar-refractivity contribution in [3.63, 3.8) is 0 Å². The van der Waals surface area contributed by atoms with Crippen LogP contribution >= 0.6 is 0 Å². The van der Waals surface area contributed by atoms with Gasteiger partial charge in [-0.3, -0.25) is 0 Å². The first-order chi connectivity index (χ1) is 9.61. The topological polar surface area (TPSA) is 29.5 Å². The molecule has 0 saturated carbocycles. The highest BCUT2D eigenvalue weighted by Gasteiger charge is 2.40. The van der Waals surface area contributed by atoms with Crippen LogP contribution < -0.4 is 0 Å². The van der Waals surface area contributed by atoms with Crippen molar-refractivity contribution in [2.45, 2.75) is 31.2 Å². The predicted molar refractivity (Wildman–Crippen MR) is 73.6 cm³/mol. The first-order valence-electron chi connectivity index (χ1n) is 6.91. The molecule has 0 radical (unpaired) electrons. The Kier molecular flexibility index (Phi) is 3.24. The number of esters is 1. The molecule has 1 aromatic rings. The van der Waals surface area contributed by atoms with Crippen LogP contribution in [0.15, 0.2) is 35.5 Å². The molecule has 2 aliphatic heterocycles. The normalized spacial score (nSPS) is 25.1. The highest BCUT2D eigenvalue weighted by molar-refractivity contribution is 5.91. The second-order valence-electron chi connectivity index (χ2n) is 5.50. The number of rotatable bonds is 2. The van der Waals surface area contributed by atoms with E-state index in [-0.39, 0.29) is 17.7 Å². The summed E-state index contributed by atoms with van der Waals surface area (Å²) >= 11 is 0. The van der Waals surface area contributed by atoms with E-state index < -0.39 is 0 Å². The fourth-order valence-electron chi connectivity index (χ4n) is 3.45. The number of fused-ring (bicyclic) bond motifs is 2. The third kappa shape index (κ3) is 1.99. The standard InChI is InChI=1S/C16H18FNO2/c1-18-12-7-8-14(18)15(16(19)20-2)13(9-12)10-3-5-11(17)6-4-10/h3-6,12-13H,7-9H2,1-2H3/t12-,13?/m0/s1. The van der Waals surface area contributed by atoms with Gasteiger partial charge in [-0.05, 0) is 37.0 Å². The zero-order chi connectivity index (χ0) is 14.3. The van der Waals surface area contributed by atoms with Gasteiger partial charge in [-0.15, -0.1) is 0 Å². The minimum absolute atomic E-state index is 0.0155. The number of halogens is 1. The van der Waals surface area contributed by atoms with Crippen molar-refractivity contribution in [3.05, 3.63) is 46.9 Å². The van der Waals surface area contributed by atoms with Gasteiger partial charge < -0.3 is 9.64 Å². The Morgan fingerprint density at radius 2 is 2.05 bits per heavy atom. The lowest BCUT2D eigenvalue weighted by atomic mass is 9.83. The van der Waals surface area contributed by atoms with E-state index in [0.717, 1.165) is 36.1 Å². The van der Waals surface area contributed by atoms with Crippen molar-refractivity contribution in [1.29, 1.82) is 0 Å². The first-order valence-corrected chi connectivity index (χ1v) is 6.91. The van der Waals surface area contributed by atoms with E-state index in [2.05, 4.69) is 4.90 Å². The van der Waals surface area contributed by atoms with E-state index in [1.165, 1.54) is 19.2 Å². The van der Waals surface area contributed by atoms with E-state index in [4.69, 9.17) is 4.74 Å². The van der Waals surface area contributed by atoms with Crippen LogP contribution in [0.1, 0.15) is 30.7 Å². The number of methoxy groups -OCH3 is 1. The fraction of sp³-hybridized carbons (Fsp3) is 0.438. The number of benzene rings is 1. The average molecular weight is 275 g/mol. The molecule has 0 aromatic heterocycles. The van der Waals surface area contributed by atoms with Crippen LogP contribution in [0.2, 0.25) is 0 Å². The van der Waals surface area contributed by atoms with Gasteiger partial charge in [-0.1, -0.05) is 12.1 Å². The molecule has 1 fully saturated rings. The zero-order valence-corrected chi connectivity index (χ0v) is 11.7. The van der Waals surface area contributed by atoms with E-state index in [1.54, 1.807) is 12.1 Å². The first kappa shape index (κ1) is 13.2. The number of ether oxygens (including phenoxy) is 1. The van der Waals surface area contributed by atoms with Crippen molar-refractivity contribution in [1.82, 2.24) is 4.90 Å². The predicted octanol–water partition coefficient (Wildman–Crippen LogP) is 2.83. The van der Waals surface area contributed by atoms with Gasteiger partial charge in [0.1, 0.15) is 5.82 Å². The summed E-state index contributed by atoms with van der Waals surface area (Å²) in [5.41, 5.74) is 2.82. The molecule has 20 heavy (non-hydrogen) atoms.